The molecule has 1 atom stereocenters. The van der Waals surface area contributed by atoms with Crippen LogP contribution < -0.4 is 11.3 Å². The minimum atomic E-state index is -0.908. The largest absolute Gasteiger partial charge is 0.271 e. The fourth-order valence-corrected chi connectivity index (χ4v) is 1.92. The molecule has 0 amide bonds. The highest BCUT2D eigenvalue weighted by Crippen LogP contribution is 2.24. The normalized spacial score (nSPS) is 12.5. The molecule has 6 heteroatoms. The van der Waals surface area contributed by atoms with Gasteiger partial charge in [-0.2, -0.15) is 10.2 Å². The Morgan fingerprint density at radius 1 is 1.11 bits per heavy atom. The van der Waals surface area contributed by atoms with Gasteiger partial charge < -0.3 is 0 Å². The van der Waals surface area contributed by atoms with E-state index in [9.17, 15) is 8.78 Å². The summed E-state index contributed by atoms with van der Waals surface area (Å²) in [6.45, 7) is 3.58. The van der Waals surface area contributed by atoms with E-state index >= 15 is 0 Å². The number of nitrogens with zero attached hydrogens (tertiary/aromatic N) is 2. The SMILES string of the molecule is Cc1cc(C(NN)c2ccc(F)c(F)c2)c(C)nn1. The first kappa shape index (κ1) is 13.5. The van der Waals surface area contributed by atoms with Crippen LogP contribution in [0.3, 0.4) is 0 Å². The van der Waals surface area contributed by atoms with Crippen molar-refractivity contribution in [1.82, 2.24) is 15.6 Å². The molecular weight excluding hydrogens is 250 g/mol. The van der Waals surface area contributed by atoms with E-state index in [1.807, 2.05) is 6.07 Å². The molecule has 2 rings (SSSR count). The van der Waals surface area contributed by atoms with Gasteiger partial charge in [-0.05, 0) is 43.2 Å². The summed E-state index contributed by atoms with van der Waals surface area (Å²) in [5.41, 5.74) is 5.30. The molecule has 1 unspecified atom stereocenters. The third-order valence-corrected chi connectivity index (χ3v) is 2.89. The second-order valence-electron chi connectivity index (χ2n) is 4.30. The van der Waals surface area contributed by atoms with Crippen molar-refractivity contribution in [3.8, 4) is 0 Å². The number of nitrogens with one attached hydrogen (secondary N) is 1. The minimum absolute atomic E-state index is 0.468. The molecule has 0 spiro atoms. The van der Waals surface area contributed by atoms with Crippen molar-refractivity contribution in [2.45, 2.75) is 19.9 Å². The Kier molecular flexibility index (Phi) is 3.82. The van der Waals surface area contributed by atoms with E-state index in [0.29, 0.717) is 11.3 Å². The Morgan fingerprint density at radius 2 is 1.84 bits per heavy atom. The van der Waals surface area contributed by atoms with Crippen molar-refractivity contribution >= 4 is 0 Å². The Balaban J connectivity index is 2.49. The summed E-state index contributed by atoms with van der Waals surface area (Å²) in [6.07, 6.45) is 0. The highest BCUT2D eigenvalue weighted by molar-refractivity contribution is 5.34. The smallest absolute Gasteiger partial charge is 0.159 e. The number of aryl methyl sites for hydroxylation is 2. The second kappa shape index (κ2) is 5.38. The average molecular weight is 264 g/mol. The third kappa shape index (κ3) is 2.74. The second-order valence-corrected chi connectivity index (χ2v) is 4.30. The molecule has 1 aromatic carbocycles. The first-order valence-corrected chi connectivity index (χ1v) is 5.75. The summed E-state index contributed by atoms with van der Waals surface area (Å²) in [7, 11) is 0. The Morgan fingerprint density at radius 3 is 2.47 bits per heavy atom. The van der Waals surface area contributed by atoms with Crippen molar-refractivity contribution in [2.75, 3.05) is 0 Å². The quantitative estimate of drug-likeness (QED) is 0.656. The van der Waals surface area contributed by atoms with Crippen molar-refractivity contribution in [3.05, 3.63) is 58.4 Å². The highest BCUT2D eigenvalue weighted by atomic mass is 19.2. The molecular formula is C13H14F2N4. The Labute approximate surface area is 109 Å². The van der Waals surface area contributed by atoms with E-state index in [1.54, 1.807) is 13.8 Å². The predicted molar refractivity (Wildman–Crippen MR) is 67.0 cm³/mol. The molecule has 0 aliphatic carbocycles. The lowest BCUT2D eigenvalue weighted by molar-refractivity contribution is 0.503. The monoisotopic (exact) mass is 264 g/mol. The molecule has 1 aromatic heterocycles. The Hall–Kier alpha value is -1.92. The molecule has 2 aromatic rings. The van der Waals surface area contributed by atoms with E-state index in [4.69, 9.17) is 5.84 Å². The number of nitrogens with two attached hydrogens (primary N) is 1. The summed E-state index contributed by atoms with van der Waals surface area (Å²) < 4.78 is 26.3. The molecule has 0 fully saturated rings. The number of benzene rings is 1. The van der Waals surface area contributed by atoms with E-state index in [-0.39, 0.29) is 0 Å². The van der Waals surface area contributed by atoms with Gasteiger partial charge >= 0.3 is 0 Å². The fourth-order valence-electron chi connectivity index (χ4n) is 1.92. The van der Waals surface area contributed by atoms with Gasteiger partial charge in [0.1, 0.15) is 0 Å². The van der Waals surface area contributed by atoms with Crippen LogP contribution in [0, 0.1) is 25.5 Å². The lowest BCUT2D eigenvalue weighted by Crippen LogP contribution is -2.30. The third-order valence-electron chi connectivity index (χ3n) is 2.89. The van der Waals surface area contributed by atoms with Crippen LogP contribution in [-0.2, 0) is 0 Å². The molecule has 0 bridgehead atoms. The molecule has 19 heavy (non-hydrogen) atoms. The van der Waals surface area contributed by atoms with Gasteiger partial charge in [-0.1, -0.05) is 6.07 Å². The Bertz CT molecular complexity index is 601. The van der Waals surface area contributed by atoms with Crippen LogP contribution in [0.5, 0.6) is 0 Å². The standard InChI is InChI=1S/C13H14F2N4/c1-7-5-10(8(2)19-18-7)13(17-16)9-3-4-11(14)12(15)6-9/h3-6,13,17H,16H2,1-2H3. The maximum Gasteiger partial charge on any atom is 0.159 e. The highest BCUT2D eigenvalue weighted by Gasteiger charge is 2.17. The molecule has 4 nitrogen and oxygen atoms in total. The van der Waals surface area contributed by atoms with Crippen LogP contribution in [0.4, 0.5) is 8.78 Å². The molecule has 0 saturated carbocycles. The number of rotatable bonds is 3. The lowest BCUT2D eigenvalue weighted by atomic mass is 9.98. The number of hydrazine groups is 1. The van der Waals surface area contributed by atoms with Crippen LogP contribution in [-0.4, -0.2) is 10.2 Å². The molecule has 0 aliphatic rings. The van der Waals surface area contributed by atoms with Gasteiger partial charge in [0.05, 0.1) is 17.4 Å². The molecule has 3 N–H and O–H groups in total. The van der Waals surface area contributed by atoms with Gasteiger partial charge in [0, 0.05) is 0 Å². The van der Waals surface area contributed by atoms with Gasteiger partial charge in [0.2, 0.25) is 0 Å². The topological polar surface area (TPSA) is 63.8 Å². The molecule has 100 valence electrons. The van der Waals surface area contributed by atoms with E-state index in [1.165, 1.54) is 6.07 Å². The van der Waals surface area contributed by atoms with Gasteiger partial charge in [-0.25, -0.2) is 14.2 Å². The van der Waals surface area contributed by atoms with Gasteiger partial charge in [-0.15, -0.1) is 0 Å². The van der Waals surface area contributed by atoms with Crippen LogP contribution >= 0.6 is 0 Å². The summed E-state index contributed by atoms with van der Waals surface area (Å²) >= 11 is 0. The van der Waals surface area contributed by atoms with Crippen molar-refractivity contribution in [3.63, 3.8) is 0 Å². The summed E-state index contributed by atoms with van der Waals surface area (Å²) in [5.74, 6) is 3.73. The number of aromatic nitrogens is 2. The van der Waals surface area contributed by atoms with Crippen molar-refractivity contribution < 1.29 is 8.78 Å². The lowest BCUT2D eigenvalue weighted by Gasteiger charge is -2.18. The number of hydrogen-bond donors (Lipinski definition) is 2. The zero-order valence-corrected chi connectivity index (χ0v) is 10.6. The zero-order chi connectivity index (χ0) is 14.0. The number of halogens is 2. The summed E-state index contributed by atoms with van der Waals surface area (Å²) in [6, 6.07) is 5.02. The number of hydrogen-bond acceptors (Lipinski definition) is 4. The van der Waals surface area contributed by atoms with Gasteiger partial charge in [-0.3, -0.25) is 5.84 Å². The average Bonchev–Trinajstić information content (AvgIpc) is 2.38. The minimum Gasteiger partial charge on any atom is -0.271 e. The fraction of sp³-hybridized carbons (Fsp3) is 0.231. The molecule has 0 saturated heterocycles. The summed E-state index contributed by atoms with van der Waals surface area (Å²) in [5, 5.41) is 7.93. The first-order chi connectivity index (χ1) is 9.02. The van der Waals surface area contributed by atoms with Crippen LogP contribution in [0.15, 0.2) is 24.3 Å². The molecule has 1 heterocycles. The van der Waals surface area contributed by atoms with Crippen LogP contribution in [0.1, 0.15) is 28.6 Å². The van der Waals surface area contributed by atoms with E-state index in [0.717, 1.165) is 23.4 Å². The van der Waals surface area contributed by atoms with Crippen molar-refractivity contribution in [1.29, 1.82) is 0 Å². The maximum atomic E-state index is 13.3. The van der Waals surface area contributed by atoms with Crippen LogP contribution in [0.25, 0.3) is 0 Å². The molecule has 0 radical (unpaired) electrons. The zero-order valence-electron chi connectivity index (χ0n) is 10.6. The van der Waals surface area contributed by atoms with E-state index in [2.05, 4.69) is 15.6 Å². The van der Waals surface area contributed by atoms with Crippen LogP contribution in [0.2, 0.25) is 0 Å². The predicted octanol–water partition coefficient (Wildman–Crippen LogP) is 1.92. The van der Waals surface area contributed by atoms with E-state index < -0.39 is 17.7 Å². The summed E-state index contributed by atoms with van der Waals surface area (Å²) in [4.78, 5) is 0. The van der Waals surface area contributed by atoms with Gasteiger partial charge in [0.25, 0.3) is 0 Å². The van der Waals surface area contributed by atoms with Gasteiger partial charge in [0.15, 0.2) is 11.6 Å². The first-order valence-electron chi connectivity index (χ1n) is 5.75. The maximum absolute atomic E-state index is 13.3. The molecule has 0 aliphatic heterocycles. The van der Waals surface area contributed by atoms with Crippen molar-refractivity contribution in [2.24, 2.45) is 5.84 Å².